The minimum Gasteiger partial charge on any atom is -0.492 e. The van der Waals surface area contributed by atoms with E-state index in [1.807, 2.05) is 30.3 Å². The smallest absolute Gasteiger partial charge is 0.267 e. The highest BCUT2D eigenvalue weighted by atomic mass is 19.1. The molecule has 1 unspecified atom stereocenters. The van der Waals surface area contributed by atoms with E-state index >= 15 is 0 Å². The molecule has 1 amide bonds. The zero-order valence-electron chi connectivity index (χ0n) is 15.3. The molecule has 1 heterocycles. The molecule has 2 aromatic carbocycles. The summed E-state index contributed by atoms with van der Waals surface area (Å²) < 4.78 is 19.5. The van der Waals surface area contributed by atoms with Gasteiger partial charge in [0, 0.05) is 11.6 Å². The maximum absolute atomic E-state index is 12.9. The van der Waals surface area contributed by atoms with Crippen LogP contribution < -0.4 is 15.6 Å². The second-order valence-electron chi connectivity index (χ2n) is 6.14. The molecule has 3 rings (SSSR count). The van der Waals surface area contributed by atoms with Gasteiger partial charge in [0.05, 0.1) is 12.2 Å². The highest BCUT2D eigenvalue weighted by molar-refractivity contribution is 5.79. The SMILES string of the molecule is CC(C(=O)NCCOc1ccc(F)cc1)n1nc(-c2ccccc2)ccc1=O. The molecule has 0 aliphatic rings. The van der Waals surface area contributed by atoms with E-state index in [9.17, 15) is 14.0 Å². The monoisotopic (exact) mass is 381 g/mol. The fourth-order valence-electron chi connectivity index (χ4n) is 2.60. The summed E-state index contributed by atoms with van der Waals surface area (Å²) in [5, 5.41) is 7.04. The van der Waals surface area contributed by atoms with E-state index in [-0.39, 0.29) is 30.4 Å². The minimum atomic E-state index is -0.776. The summed E-state index contributed by atoms with van der Waals surface area (Å²) in [5.74, 6) is -0.176. The van der Waals surface area contributed by atoms with Crippen molar-refractivity contribution in [2.45, 2.75) is 13.0 Å². The van der Waals surface area contributed by atoms with E-state index in [0.29, 0.717) is 11.4 Å². The maximum Gasteiger partial charge on any atom is 0.267 e. The Morgan fingerprint density at radius 2 is 1.82 bits per heavy atom. The quantitative estimate of drug-likeness (QED) is 0.639. The number of amides is 1. The molecule has 7 heteroatoms. The predicted molar refractivity (Wildman–Crippen MR) is 104 cm³/mol. The van der Waals surface area contributed by atoms with Crippen LogP contribution in [-0.2, 0) is 4.79 Å². The number of benzene rings is 2. The molecule has 1 atom stereocenters. The molecule has 0 aliphatic heterocycles. The predicted octanol–water partition coefficient (Wildman–Crippen LogP) is 2.81. The molecule has 0 bridgehead atoms. The lowest BCUT2D eigenvalue weighted by atomic mass is 10.1. The van der Waals surface area contributed by atoms with E-state index in [4.69, 9.17) is 4.74 Å². The topological polar surface area (TPSA) is 73.2 Å². The Balaban J connectivity index is 1.59. The molecular formula is C21H20FN3O3. The molecule has 28 heavy (non-hydrogen) atoms. The van der Waals surface area contributed by atoms with Gasteiger partial charge in [-0.1, -0.05) is 30.3 Å². The molecule has 0 fully saturated rings. The van der Waals surface area contributed by atoms with E-state index in [1.165, 1.54) is 35.0 Å². The van der Waals surface area contributed by atoms with Crippen molar-refractivity contribution in [3.8, 4) is 17.0 Å². The Bertz CT molecular complexity index is 988. The van der Waals surface area contributed by atoms with Crippen molar-refractivity contribution in [2.24, 2.45) is 0 Å². The Morgan fingerprint density at radius 3 is 2.54 bits per heavy atom. The van der Waals surface area contributed by atoms with Gasteiger partial charge in [0.1, 0.15) is 24.2 Å². The molecule has 3 aromatic rings. The Hall–Kier alpha value is -3.48. The van der Waals surface area contributed by atoms with Gasteiger partial charge < -0.3 is 10.1 Å². The van der Waals surface area contributed by atoms with Gasteiger partial charge in [0.2, 0.25) is 5.91 Å². The van der Waals surface area contributed by atoms with Gasteiger partial charge in [-0.25, -0.2) is 9.07 Å². The fraction of sp³-hybridized carbons (Fsp3) is 0.190. The molecule has 0 saturated carbocycles. The highest BCUT2D eigenvalue weighted by Gasteiger charge is 2.17. The lowest BCUT2D eigenvalue weighted by molar-refractivity contribution is -0.124. The van der Waals surface area contributed by atoms with Crippen molar-refractivity contribution in [2.75, 3.05) is 13.2 Å². The number of carbonyl (C=O) groups is 1. The molecule has 144 valence electrons. The van der Waals surface area contributed by atoms with Crippen molar-refractivity contribution in [3.63, 3.8) is 0 Å². The van der Waals surface area contributed by atoms with Crippen molar-refractivity contribution >= 4 is 5.91 Å². The fourth-order valence-corrected chi connectivity index (χ4v) is 2.60. The van der Waals surface area contributed by atoms with Crippen LogP contribution in [0, 0.1) is 5.82 Å². The van der Waals surface area contributed by atoms with Gasteiger partial charge in [-0.15, -0.1) is 0 Å². The summed E-state index contributed by atoms with van der Waals surface area (Å²) in [6, 6.07) is 17.3. The highest BCUT2D eigenvalue weighted by Crippen LogP contribution is 2.15. The van der Waals surface area contributed by atoms with Gasteiger partial charge in [0.15, 0.2) is 0 Å². The van der Waals surface area contributed by atoms with Gasteiger partial charge in [-0.05, 0) is 37.3 Å². The third kappa shape index (κ3) is 4.82. The Morgan fingerprint density at radius 1 is 1.11 bits per heavy atom. The third-order valence-electron chi connectivity index (χ3n) is 4.12. The summed E-state index contributed by atoms with van der Waals surface area (Å²) in [4.78, 5) is 24.5. The standard InChI is InChI=1S/C21H20FN3O3/c1-15(21(27)23-13-14-28-18-9-7-17(22)8-10-18)25-20(26)12-11-19(24-25)16-5-3-2-4-6-16/h2-12,15H,13-14H2,1H3,(H,23,27). The van der Waals surface area contributed by atoms with E-state index in [1.54, 1.807) is 13.0 Å². The molecule has 0 saturated heterocycles. The number of rotatable bonds is 7. The Labute approximate surface area is 161 Å². The zero-order chi connectivity index (χ0) is 19.9. The van der Waals surface area contributed by atoms with Gasteiger partial charge in [0.25, 0.3) is 5.56 Å². The van der Waals surface area contributed by atoms with E-state index in [0.717, 1.165) is 5.56 Å². The summed E-state index contributed by atoms with van der Waals surface area (Å²) >= 11 is 0. The van der Waals surface area contributed by atoms with Crippen molar-refractivity contribution in [1.82, 2.24) is 15.1 Å². The minimum absolute atomic E-state index is 0.219. The van der Waals surface area contributed by atoms with Crippen molar-refractivity contribution in [1.29, 1.82) is 0 Å². The first-order valence-corrected chi connectivity index (χ1v) is 8.86. The molecule has 0 spiro atoms. The van der Waals surface area contributed by atoms with E-state index < -0.39 is 6.04 Å². The molecular weight excluding hydrogens is 361 g/mol. The lowest BCUT2D eigenvalue weighted by Gasteiger charge is -2.15. The summed E-state index contributed by atoms with van der Waals surface area (Å²) in [7, 11) is 0. The second-order valence-corrected chi connectivity index (χ2v) is 6.14. The zero-order valence-corrected chi connectivity index (χ0v) is 15.3. The van der Waals surface area contributed by atoms with Crippen molar-refractivity contribution in [3.05, 3.63) is 82.9 Å². The second kappa shape index (κ2) is 8.94. The van der Waals surface area contributed by atoms with Crippen LogP contribution in [0.2, 0.25) is 0 Å². The van der Waals surface area contributed by atoms with Crippen LogP contribution in [0.15, 0.2) is 71.5 Å². The van der Waals surface area contributed by atoms with Crippen LogP contribution in [0.25, 0.3) is 11.3 Å². The van der Waals surface area contributed by atoms with Crippen LogP contribution in [0.4, 0.5) is 4.39 Å². The van der Waals surface area contributed by atoms with Crippen LogP contribution in [-0.4, -0.2) is 28.8 Å². The summed E-state index contributed by atoms with van der Waals surface area (Å²) in [6.45, 7) is 2.07. The summed E-state index contributed by atoms with van der Waals surface area (Å²) in [5.41, 5.74) is 1.11. The maximum atomic E-state index is 12.9. The number of hydrogen-bond donors (Lipinski definition) is 1. The number of nitrogens with zero attached hydrogens (tertiary/aromatic N) is 2. The van der Waals surface area contributed by atoms with Crippen molar-refractivity contribution < 1.29 is 13.9 Å². The number of halogens is 1. The number of hydrogen-bond acceptors (Lipinski definition) is 4. The van der Waals surface area contributed by atoms with E-state index in [2.05, 4.69) is 10.4 Å². The first-order valence-electron chi connectivity index (χ1n) is 8.86. The van der Waals surface area contributed by atoms with Gasteiger partial charge in [-0.2, -0.15) is 5.10 Å². The van der Waals surface area contributed by atoms with Crippen LogP contribution >= 0.6 is 0 Å². The average Bonchev–Trinajstić information content (AvgIpc) is 2.73. The number of nitrogens with one attached hydrogen (secondary N) is 1. The average molecular weight is 381 g/mol. The third-order valence-corrected chi connectivity index (χ3v) is 4.12. The lowest BCUT2D eigenvalue weighted by Crippen LogP contribution is -2.38. The molecule has 6 nitrogen and oxygen atoms in total. The number of ether oxygens (including phenoxy) is 1. The first kappa shape index (κ1) is 19.3. The van der Waals surface area contributed by atoms with Gasteiger partial charge >= 0.3 is 0 Å². The molecule has 1 aromatic heterocycles. The molecule has 0 aliphatic carbocycles. The molecule has 0 radical (unpaired) electrons. The summed E-state index contributed by atoms with van der Waals surface area (Å²) in [6.07, 6.45) is 0. The van der Waals surface area contributed by atoms with Gasteiger partial charge in [-0.3, -0.25) is 9.59 Å². The number of aromatic nitrogens is 2. The molecule has 1 N–H and O–H groups in total. The first-order chi connectivity index (χ1) is 13.5. The normalized spacial score (nSPS) is 11.6. The van der Waals surface area contributed by atoms with Crippen LogP contribution in [0.5, 0.6) is 5.75 Å². The largest absolute Gasteiger partial charge is 0.492 e. The number of carbonyl (C=O) groups excluding carboxylic acids is 1. The van der Waals surface area contributed by atoms with Crippen LogP contribution in [0.3, 0.4) is 0 Å². The Kier molecular flexibility index (Phi) is 6.16. The van der Waals surface area contributed by atoms with Crippen LogP contribution in [0.1, 0.15) is 13.0 Å².